The number of aliphatic hydroxyl groups excluding tert-OH is 1. The SMILES string of the molecule is Cc1oc(C)c(S(=O)(=O)Nc2ncccc2Cl)c1CO. The Morgan fingerprint density at radius 2 is 2.10 bits per heavy atom. The van der Waals surface area contributed by atoms with Gasteiger partial charge in [0.15, 0.2) is 5.82 Å². The lowest BCUT2D eigenvalue weighted by Gasteiger charge is -2.09. The van der Waals surface area contributed by atoms with Crippen LogP contribution in [0.1, 0.15) is 17.1 Å². The molecule has 0 saturated heterocycles. The van der Waals surface area contributed by atoms with Gasteiger partial charge in [-0.3, -0.25) is 4.72 Å². The number of hydrogen-bond donors (Lipinski definition) is 2. The molecule has 2 N–H and O–H groups in total. The standard InChI is InChI=1S/C12H13ClN2O4S/c1-7-9(6-16)11(8(2)19-7)20(17,18)15-12-10(13)4-3-5-14-12/h3-5,16H,6H2,1-2H3,(H,14,15). The van der Waals surface area contributed by atoms with Crippen LogP contribution in [0.2, 0.25) is 5.02 Å². The van der Waals surface area contributed by atoms with Crippen molar-refractivity contribution in [2.45, 2.75) is 25.3 Å². The monoisotopic (exact) mass is 316 g/mol. The minimum absolute atomic E-state index is 0.0244. The zero-order valence-corrected chi connectivity index (χ0v) is 12.4. The lowest BCUT2D eigenvalue weighted by atomic mass is 10.2. The van der Waals surface area contributed by atoms with E-state index >= 15 is 0 Å². The summed E-state index contributed by atoms with van der Waals surface area (Å²) in [5.74, 6) is 0.583. The van der Waals surface area contributed by atoms with E-state index in [0.29, 0.717) is 5.76 Å². The first-order chi connectivity index (χ1) is 9.36. The molecule has 2 rings (SSSR count). The Balaban J connectivity index is 2.49. The third-order valence-corrected chi connectivity index (χ3v) is 4.58. The van der Waals surface area contributed by atoms with Gasteiger partial charge in [-0.1, -0.05) is 11.6 Å². The van der Waals surface area contributed by atoms with Gasteiger partial charge in [0.25, 0.3) is 10.0 Å². The van der Waals surface area contributed by atoms with Crippen LogP contribution in [0.15, 0.2) is 27.6 Å². The van der Waals surface area contributed by atoms with E-state index in [-0.39, 0.29) is 27.1 Å². The van der Waals surface area contributed by atoms with Crippen LogP contribution in [0.5, 0.6) is 0 Å². The fourth-order valence-electron chi connectivity index (χ4n) is 1.88. The molecule has 0 amide bonds. The van der Waals surface area contributed by atoms with E-state index in [1.54, 1.807) is 13.0 Å². The molecule has 0 aliphatic heterocycles. The largest absolute Gasteiger partial charge is 0.465 e. The van der Waals surface area contributed by atoms with Gasteiger partial charge >= 0.3 is 0 Å². The fraction of sp³-hybridized carbons (Fsp3) is 0.250. The average Bonchev–Trinajstić information content (AvgIpc) is 2.67. The number of nitrogens with one attached hydrogen (secondary N) is 1. The van der Waals surface area contributed by atoms with Gasteiger partial charge in [-0.25, -0.2) is 13.4 Å². The number of furan rings is 1. The lowest BCUT2D eigenvalue weighted by molar-refractivity contribution is 0.276. The smallest absolute Gasteiger partial charge is 0.266 e. The maximum absolute atomic E-state index is 12.4. The fourth-order valence-corrected chi connectivity index (χ4v) is 3.58. The van der Waals surface area contributed by atoms with Crippen LogP contribution >= 0.6 is 11.6 Å². The second-order valence-corrected chi connectivity index (χ2v) is 6.15. The number of aromatic nitrogens is 1. The Kier molecular flexibility index (Phi) is 4.03. The molecule has 0 aliphatic rings. The molecule has 2 aromatic heterocycles. The number of halogens is 1. The van der Waals surface area contributed by atoms with E-state index < -0.39 is 16.6 Å². The van der Waals surface area contributed by atoms with E-state index in [2.05, 4.69) is 9.71 Å². The number of aryl methyl sites for hydroxylation is 2. The summed E-state index contributed by atoms with van der Waals surface area (Å²) in [5.41, 5.74) is 0.224. The van der Waals surface area contributed by atoms with Crippen molar-refractivity contribution in [1.29, 1.82) is 0 Å². The zero-order valence-electron chi connectivity index (χ0n) is 10.8. The van der Waals surface area contributed by atoms with Crippen molar-refractivity contribution in [2.75, 3.05) is 4.72 Å². The number of rotatable bonds is 4. The van der Waals surface area contributed by atoms with Crippen LogP contribution in [0.25, 0.3) is 0 Å². The molecular formula is C12H13ClN2O4S. The summed E-state index contributed by atoms with van der Waals surface area (Å²) in [6, 6.07) is 3.11. The van der Waals surface area contributed by atoms with Gasteiger partial charge in [0, 0.05) is 11.8 Å². The van der Waals surface area contributed by atoms with E-state index in [9.17, 15) is 13.5 Å². The second kappa shape index (κ2) is 5.43. The number of hydrogen-bond acceptors (Lipinski definition) is 5. The number of anilines is 1. The average molecular weight is 317 g/mol. The van der Waals surface area contributed by atoms with Crippen LogP contribution in [0.3, 0.4) is 0 Å². The highest BCUT2D eigenvalue weighted by Crippen LogP contribution is 2.29. The van der Waals surface area contributed by atoms with E-state index in [1.165, 1.54) is 19.2 Å². The molecule has 108 valence electrons. The van der Waals surface area contributed by atoms with Crippen LogP contribution in [0.4, 0.5) is 5.82 Å². The zero-order chi connectivity index (χ0) is 14.9. The molecule has 6 nitrogen and oxygen atoms in total. The van der Waals surface area contributed by atoms with E-state index in [0.717, 1.165) is 0 Å². The molecule has 0 fully saturated rings. The third kappa shape index (κ3) is 2.65. The first-order valence-electron chi connectivity index (χ1n) is 5.70. The molecule has 0 unspecified atom stereocenters. The molecule has 0 saturated carbocycles. The molecule has 0 atom stereocenters. The van der Waals surface area contributed by atoms with Crippen molar-refractivity contribution in [2.24, 2.45) is 0 Å². The molecule has 0 aliphatic carbocycles. The maximum atomic E-state index is 12.4. The third-order valence-electron chi connectivity index (χ3n) is 2.74. The van der Waals surface area contributed by atoms with Crippen LogP contribution in [-0.2, 0) is 16.6 Å². The molecule has 0 spiro atoms. The Hall–Kier alpha value is -1.57. The summed E-state index contributed by atoms with van der Waals surface area (Å²) < 4.78 is 32.3. The summed E-state index contributed by atoms with van der Waals surface area (Å²) >= 11 is 5.87. The van der Waals surface area contributed by atoms with Crippen molar-refractivity contribution >= 4 is 27.4 Å². The quantitative estimate of drug-likeness (QED) is 0.902. The number of nitrogens with zero attached hydrogens (tertiary/aromatic N) is 1. The maximum Gasteiger partial charge on any atom is 0.266 e. The highest BCUT2D eigenvalue weighted by Gasteiger charge is 2.27. The first-order valence-corrected chi connectivity index (χ1v) is 7.56. The van der Waals surface area contributed by atoms with Crippen molar-refractivity contribution in [3.8, 4) is 0 Å². The van der Waals surface area contributed by atoms with Crippen LogP contribution in [0, 0.1) is 13.8 Å². The predicted octanol–water partition coefficient (Wildman–Crippen LogP) is 2.24. The van der Waals surface area contributed by atoms with Crippen molar-refractivity contribution in [3.05, 3.63) is 40.4 Å². The number of pyridine rings is 1. The Morgan fingerprint density at radius 3 is 2.70 bits per heavy atom. The molecule has 0 bridgehead atoms. The van der Waals surface area contributed by atoms with Gasteiger partial charge in [-0.2, -0.15) is 0 Å². The molecule has 20 heavy (non-hydrogen) atoms. The number of aliphatic hydroxyl groups is 1. The van der Waals surface area contributed by atoms with Crippen LogP contribution in [-0.4, -0.2) is 18.5 Å². The van der Waals surface area contributed by atoms with Gasteiger partial charge in [-0.05, 0) is 26.0 Å². The normalized spacial score (nSPS) is 11.6. The van der Waals surface area contributed by atoms with Gasteiger partial charge in [0.2, 0.25) is 0 Å². The summed E-state index contributed by atoms with van der Waals surface area (Å²) in [4.78, 5) is 3.78. The van der Waals surface area contributed by atoms with Crippen molar-refractivity contribution in [1.82, 2.24) is 4.98 Å². The Bertz CT molecular complexity index is 740. The topological polar surface area (TPSA) is 92.4 Å². The van der Waals surface area contributed by atoms with Gasteiger partial charge in [0.1, 0.15) is 16.4 Å². The first kappa shape index (κ1) is 14.8. The van der Waals surface area contributed by atoms with Gasteiger partial charge < -0.3 is 9.52 Å². The van der Waals surface area contributed by atoms with Gasteiger partial charge in [0.05, 0.1) is 11.6 Å². The predicted molar refractivity (Wildman–Crippen MR) is 74.2 cm³/mol. The highest BCUT2D eigenvalue weighted by atomic mass is 35.5. The second-order valence-electron chi connectivity index (χ2n) is 4.12. The molecule has 0 aromatic carbocycles. The van der Waals surface area contributed by atoms with Crippen molar-refractivity contribution < 1.29 is 17.9 Å². The van der Waals surface area contributed by atoms with Crippen LogP contribution < -0.4 is 4.72 Å². The number of sulfonamides is 1. The molecule has 0 radical (unpaired) electrons. The molecule has 2 aromatic rings. The molecule has 8 heteroatoms. The summed E-state index contributed by atoms with van der Waals surface area (Å²) in [5, 5.41) is 9.48. The van der Waals surface area contributed by atoms with E-state index in [1.807, 2.05) is 0 Å². The molecular weight excluding hydrogens is 304 g/mol. The summed E-state index contributed by atoms with van der Waals surface area (Å²) in [6.07, 6.45) is 1.42. The Morgan fingerprint density at radius 1 is 1.40 bits per heavy atom. The minimum atomic E-state index is -3.94. The lowest BCUT2D eigenvalue weighted by Crippen LogP contribution is -2.16. The Labute approximate surface area is 121 Å². The summed E-state index contributed by atoms with van der Waals surface area (Å²) in [6.45, 7) is 2.67. The summed E-state index contributed by atoms with van der Waals surface area (Å²) in [7, 11) is -3.94. The van der Waals surface area contributed by atoms with Crippen molar-refractivity contribution in [3.63, 3.8) is 0 Å². The highest BCUT2D eigenvalue weighted by molar-refractivity contribution is 7.92. The van der Waals surface area contributed by atoms with E-state index in [4.69, 9.17) is 16.0 Å². The molecule has 2 heterocycles. The van der Waals surface area contributed by atoms with Gasteiger partial charge in [-0.15, -0.1) is 0 Å². The minimum Gasteiger partial charge on any atom is -0.465 e.